The van der Waals surface area contributed by atoms with E-state index in [9.17, 15) is 9.59 Å². The molecule has 0 aromatic heterocycles. The normalized spacial score (nSPS) is 14.8. The third-order valence-corrected chi connectivity index (χ3v) is 3.53. The standard InChI is InChI=1S/C18H29N3O7/c1-4-10-25-27-13-8-20-15-19(7-12-24-17(22)6-3)16-21(18(20)23)9-14-28-26-11-5-2/h4-6H,1-3,7-16H2. The monoisotopic (exact) mass is 399 g/mol. The van der Waals surface area contributed by atoms with Crippen LogP contribution in [-0.2, 0) is 29.1 Å². The Labute approximate surface area is 165 Å². The van der Waals surface area contributed by atoms with Crippen molar-refractivity contribution in [3.8, 4) is 0 Å². The molecule has 10 heteroatoms. The summed E-state index contributed by atoms with van der Waals surface area (Å²) in [4.78, 5) is 48.8. The van der Waals surface area contributed by atoms with Crippen molar-refractivity contribution in [2.75, 3.05) is 66.0 Å². The Bertz CT molecular complexity index is 485. The Morgan fingerprint density at radius 2 is 1.39 bits per heavy atom. The van der Waals surface area contributed by atoms with Gasteiger partial charge >= 0.3 is 12.0 Å². The highest BCUT2D eigenvalue weighted by Crippen LogP contribution is 2.10. The number of hydrogen-bond donors (Lipinski definition) is 0. The fourth-order valence-electron chi connectivity index (χ4n) is 2.26. The van der Waals surface area contributed by atoms with Gasteiger partial charge in [-0.1, -0.05) is 18.7 Å². The molecule has 0 aromatic rings. The van der Waals surface area contributed by atoms with Crippen molar-refractivity contribution in [1.29, 1.82) is 0 Å². The van der Waals surface area contributed by atoms with Gasteiger partial charge in [-0.3, -0.25) is 4.90 Å². The maximum Gasteiger partial charge on any atom is 0.330 e. The quantitative estimate of drug-likeness (QED) is 0.0946. The molecule has 1 aliphatic heterocycles. The first-order valence-electron chi connectivity index (χ1n) is 8.88. The fourth-order valence-corrected chi connectivity index (χ4v) is 2.26. The number of carbonyl (C=O) groups is 2. The summed E-state index contributed by atoms with van der Waals surface area (Å²) in [7, 11) is 0. The van der Waals surface area contributed by atoms with Crippen LogP contribution in [0.25, 0.3) is 0 Å². The minimum Gasteiger partial charge on any atom is -0.461 e. The molecule has 28 heavy (non-hydrogen) atoms. The van der Waals surface area contributed by atoms with Gasteiger partial charge in [-0.25, -0.2) is 29.1 Å². The number of esters is 1. The Balaban J connectivity index is 2.52. The molecule has 0 radical (unpaired) electrons. The highest BCUT2D eigenvalue weighted by Gasteiger charge is 2.29. The van der Waals surface area contributed by atoms with E-state index in [1.807, 2.05) is 4.90 Å². The lowest BCUT2D eigenvalue weighted by Crippen LogP contribution is -2.59. The Morgan fingerprint density at radius 1 is 0.857 bits per heavy atom. The van der Waals surface area contributed by atoms with Gasteiger partial charge < -0.3 is 14.5 Å². The molecule has 2 amide bonds. The van der Waals surface area contributed by atoms with Crippen molar-refractivity contribution in [2.24, 2.45) is 0 Å². The summed E-state index contributed by atoms with van der Waals surface area (Å²) in [5, 5.41) is 0. The zero-order valence-electron chi connectivity index (χ0n) is 16.1. The van der Waals surface area contributed by atoms with Gasteiger partial charge in [0.25, 0.3) is 0 Å². The van der Waals surface area contributed by atoms with E-state index in [-0.39, 0.29) is 39.1 Å². The number of rotatable bonds is 16. The molecule has 0 unspecified atom stereocenters. The van der Waals surface area contributed by atoms with Crippen LogP contribution < -0.4 is 0 Å². The Morgan fingerprint density at radius 3 is 1.86 bits per heavy atom. The summed E-state index contributed by atoms with van der Waals surface area (Å²) in [6.07, 6.45) is 4.24. The second-order valence-electron chi connectivity index (χ2n) is 5.65. The van der Waals surface area contributed by atoms with Gasteiger partial charge in [0.15, 0.2) is 0 Å². The predicted octanol–water partition coefficient (Wildman–Crippen LogP) is 0.939. The largest absolute Gasteiger partial charge is 0.461 e. The van der Waals surface area contributed by atoms with E-state index in [0.29, 0.717) is 33.0 Å². The lowest BCUT2D eigenvalue weighted by Gasteiger charge is -2.41. The first-order chi connectivity index (χ1) is 13.6. The van der Waals surface area contributed by atoms with E-state index in [0.717, 1.165) is 6.08 Å². The molecule has 1 heterocycles. The highest BCUT2D eigenvalue weighted by molar-refractivity contribution is 5.81. The molecule has 0 atom stereocenters. The van der Waals surface area contributed by atoms with Gasteiger partial charge in [-0.05, 0) is 0 Å². The van der Waals surface area contributed by atoms with Crippen molar-refractivity contribution < 1.29 is 33.9 Å². The third kappa shape index (κ3) is 9.62. The maximum absolute atomic E-state index is 12.6. The number of urea groups is 1. The molecule has 1 fully saturated rings. The molecule has 1 aliphatic rings. The van der Waals surface area contributed by atoms with Crippen LogP contribution in [0.4, 0.5) is 4.79 Å². The lowest BCUT2D eigenvalue weighted by atomic mass is 10.4. The van der Waals surface area contributed by atoms with Gasteiger partial charge in [0.2, 0.25) is 0 Å². The van der Waals surface area contributed by atoms with Gasteiger partial charge in [0, 0.05) is 12.6 Å². The smallest absolute Gasteiger partial charge is 0.330 e. The van der Waals surface area contributed by atoms with Crippen LogP contribution in [0.2, 0.25) is 0 Å². The summed E-state index contributed by atoms with van der Waals surface area (Å²) < 4.78 is 5.01. The number of nitrogens with zero attached hydrogens (tertiary/aromatic N) is 3. The maximum atomic E-state index is 12.6. The minimum absolute atomic E-state index is 0.154. The van der Waals surface area contributed by atoms with Gasteiger partial charge in [-0.2, -0.15) is 0 Å². The zero-order chi connectivity index (χ0) is 20.6. The summed E-state index contributed by atoms with van der Waals surface area (Å²) in [5.41, 5.74) is 0. The van der Waals surface area contributed by atoms with Crippen LogP contribution in [0.3, 0.4) is 0 Å². The van der Waals surface area contributed by atoms with Crippen molar-refractivity contribution >= 4 is 12.0 Å². The van der Waals surface area contributed by atoms with E-state index >= 15 is 0 Å². The van der Waals surface area contributed by atoms with Crippen molar-refractivity contribution in [2.45, 2.75) is 0 Å². The molecule has 1 saturated heterocycles. The van der Waals surface area contributed by atoms with Crippen molar-refractivity contribution in [1.82, 2.24) is 14.7 Å². The van der Waals surface area contributed by atoms with Crippen LogP contribution in [0.15, 0.2) is 38.0 Å². The summed E-state index contributed by atoms with van der Waals surface area (Å²) in [5.74, 6) is -0.484. The summed E-state index contributed by atoms with van der Waals surface area (Å²) in [6, 6.07) is -0.154. The molecule has 0 aliphatic carbocycles. The lowest BCUT2D eigenvalue weighted by molar-refractivity contribution is -0.289. The molecule has 0 saturated carbocycles. The Hall–Kier alpha value is -2.24. The molecule has 0 bridgehead atoms. The average molecular weight is 399 g/mol. The first-order valence-corrected chi connectivity index (χ1v) is 8.88. The minimum atomic E-state index is -0.484. The van der Waals surface area contributed by atoms with Crippen LogP contribution in [-0.4, -0.2) is 92.7 Å². The topological polar surface area (TPSA) is 90.0 Å². The van der Waals surface area contributed by atoms with Crippen LogP contribution in [0.1, 0.15) is 0 Å². The number of ether oxygens (including phenoxy) is 1. The molecule has 1 rings (SSSR count). The SMILES string of the molecule is C=CCOOCCN1CN(CCOC(=O)C=C)CN(CCOOCC=C)C1=O. The van der Waals surface area contributed by atoms with Crippen LogP contribution in [0, 0.1) is 0 Å². The zero-order valence-corrected chi connectivity index (χ0v) is 16.1. The predicted molar refractivity (Wildman–Crippen MR) is 101 cm³/mol. The summed E-state index contributed by atoms with van der Waals surface area (Å²) in [6.45, 7) is 13.4. The van der Waals surface area contributed by atoms with E-state index in [1.54, 1.807) is 22.0 Å². The van der Waals surface area contributed by atoms with E-state index in [2.05, 4.69) is 19.7 Å². The first kappa shape index (κ1) is 23.8. The van der Waals surface area contributed by atoms with Crippen LogP contribution >= 0.6 is 0 Å². The van der Waals surface area contributed by atoms with Gasteiger partial charge in [0.05, 0.1) is 39.6 Å². The Kier molecular flexibility index (Phi) is 12.6. The molecule has 158 valence electrons. The van der Waals surface area contributed by atoms with Crippen molar-refractivity contribution in [3.63, 3.8) is 0 Å². The van der Waals surface area contributed by atoms with Gasteiger partial charge in [-0.15, -0.1) is 13.2 Å². The van der Waals surface area contributed by atoms with E-state index in [1.165, 1.54) is 0 Å². The fraction of sp³-hybridized carbons (Fsp3) is 0.556. The molecule has 10 nitrogen and oxygen atoms in total. The van der Waals surface area contributed by atoms with Crippen LogP contribution in [0.5, 0.6) is 0 Å². The van der Waals surface area contributed by atoms with Crippen molar-refractivity contribution in [3.05, 3.63) is 38.0 Å². The average Bonchev–Trinajstić information content (AvgIpc) is 2.70. The molecule has 0 N–H and O–H groups in total. The third-order valence-electron chi connectivity index (χ3n) is 3.53. The molecule has 0 spiro atoms. The number of hydrogen-bond acceptors (Lipinski definition) is 8. The van der Waals surface area contributed by atoms with Gasteiger partial charge in [0.1, 0.15) is 19.8 Å². The number of carbonyl (C=O) groups excluding carboxylic acids is 2. The molecule has 0 aromatic carbocycles. The van der Waals surface area contributed by atoms with E-state index in [4.69, 9.17) is 24.3 Å². The summed E-state index contributed by atoms with van der Waals surface area (Å²) >= 11 is 0. The highest BCUT2D eigenvalue weighted by atomic mass is 17.2. The van der Waals surface area contributed by atoms with E-state index < -0.39 is 5.97 Å². The second kappa shape index (κ2) is 14.8. The number of amides is 2. The molecular formula is C18H29N3O7. The molecular weight excluding hydrogens is 370 g/mol. The second-order valence-corrected chi connectivity index (χ2v) is 5.65.